The molecule has 9 heteroatoms. The maximum atomic E-state index is 12.7. The van der Waals surface area contributed by atoms with Crippen molar-refractivity contribution >= 4 is 46.5 Å². The highest BCUT2D eigenvalue weighted by Gasteiger charge is 2.20. The van der Waals surface area contributed by atoms with E-state index < -0.39 is 17.8 Å². The van der Waals surface area contributed by atoms with Gasteiger partial charge in [0.1, 0.15) is 0 Å². The highest BCUT2D eigenvalue weighted by atomic mass is 35.5. The second kappa shape index (κ2) is 8.76. The van der Waals surface area contributed by atoms with Crippen LogP contribution in [0.1, 0.15) is 30.4 Å². The van der Waals surface area contributed by atoms with Gasteiger partial charge in [0.2, 0.25) is 0 Å². The largest absolute Gasteiger partial charge is 0.478 e. The van der Waals surface area contributed by atoms with Crippen molar-refractivity contribution in [3.05, 3.63) is 74.9 Å². The monoisotopic (exact) mass is 431 g/mol. The van der Waals surface area contributed by atoms with Crippen molar-refractivity contribution in [1.82, 2.24) is 0 Å². The van der Waals surface area contributed by atoms with E-state index in [1.807, 2.05) is 0 Å². The van der Waals surface area contributed by atoms with Crippen LogP contribution in [0.3, 0.4) is 0 Å². The molecule has 0 saturated carbocycles. The van der Waals surface area contributed by atoms with Crippen LogP contribution >= 0.6 is 22.9 Å². The van der Waals surface area contributed by atoms with Gasteiger partial charge >= 0.3 is 11.9 Å². The summed E-state index contributed by atoms with van der Waals surface area (Å²) in [6, 6.07) is 12.0. The topological polar surface area (TPSA) is 102 Å². The number of hydrogen-bond donors (Lipinski definition) is 2. The number of nitrogens with one attached hydrogen (secondary N) is 1. The van der Waals surface area contributed by atoms with Crippen LogP contribution in [0.5, 0.6) is 11.5 Å². The first-order chi connectivity index (χ1) is 13.9. The van der Waals surface area contributed by atoms with E-state index in [2.05, 4.69) is 5.32 Å². The molecule has 1 amide bonds. The Balaban J connectivity index is 1.93. The van der Waals surface area contributed by atoms with E-state index in [1.165, 1.54) is 37.4 Å². The summed E-state index contributed by atoms with van der Waals surface area (Å²) in [6.07, 6.45) is 0. The lowest BCUT2D eigenvalue weighted by Crippen LogP contribution is -2.16. The highest BCUT2D eigenvalue weighted by molar-refractivity contribution is 7.12. The van der Waals surface area contributed by atoms with Crippen molar-refractivity contribution in [3.63, 3.8) is 0 Å². The molecule has 3 rings (SSSR count). The van der Waals surface area contributed by atoms with Crippen LogP contribution in [0.2, 0.25) is 5.02 Å². The molecule has 148 valence electrons. The number of carbonyl (C=O) groups is 3. The minimum atomic E-state index is -1.22. The molecule has 29 heavy (non-hydrogen) atoms. The van der Waals surface area contributed by atoms with Gasteiger partial charge in [-0.15, -0.1) is 11.3 Å². The lowest BCUT2D eigenvalue weighted by atomic mass is 10.1. The van der Waals surface area contributed by atoms with Crippen molar-refractivity contribution in [2.75, 3.05) is 12.4 Å². The van der Waals surface area contributed by atoms with Gasteiger partial charge < -0.3 is 19.9 Å². The molecule has 0 saturated heterocycles. The van der Waals surface area contributed by atoms with Crippen molar-refractivity contribution in [3.8, 4) is 11.5 Å². The molecule has 0 aliphatic heterocycles. The Labute approximate surface area is 174 Å². The molecular weight excluding hydrogens is 418 g/mol. The Bertz CT molecular complexity index is 1090. The van der Waals surface area contributed by atoms with E-state index in [0.717, 1.165) is 11.3 Å². The van der Waals surface area contributed by atoms with Crippen molar-refractivity contribution in [2.24, 2.45) is 0 Å². The Morgan fingerprint density at radius 2 is 1.76 bits per heavy atom. The van der Waals surface area contributed by atoms with Gasteiger partial charge in [0.25, 0.3) is 5.91 Å². The second-order valence-electron chi connectivity index (χ2n) is 5.65. The number of methoxy groups -OCH3 is 1. The van der Waals surface area contributed by atoms with Gasteiger partial charge in [-0.1, -0.05) is 23.7 Å². The fourth-order valence-electron chi connectivity index (χ4n) is 2.48. The van der Waals surface area contributed by atoms with Gasteiger partial charge in [-0.3, -0.25) is 4.79 Å². The first-order valence-electron chi connectivity index (χ1n) is 8.17. The number of aromatic carboxylic acids is 1. The average molecular weight is 432 g/mol. The molecular formula is C20H14ClNO6S. The Kier molecular flexibility index (Phi) is 6.16. The van der Waals surface area contributed by atoms with E-state index in [4.69, 9.17) is 21.1 Å². The van der Waals surface area contributed by atoms with E-state index in [0.29, 0.717) is 5.02 Å². The van der Waals surface area contributed by atoms with Gasteiger partial charge in [-0.05, 0) is 41.8 Å². The molecule has 0 radical (unpaired) electrons. The second-order valence-corrected chi connectivity index (χ2v) is 7.01. The predicted octanol–water partition coefficient (Wildman–Crippen LogP) is 4.93. The van der Waals surface area contributed by atoms with Crippen molar-refractivity contribution in [2.45, 2.75) is 0 Å². The molecule has 2 N–H and O–H groups in total. The number of amides is 1. The Hall–Kier alpha value is -3.36. The summed E-state index contributed by atoms with van der Waals surface area (Å²) < 4.78 is 10.5. The summed E-state index contributed by atoms with van der Waals surface area (Å²) in [4.78, 5) is 36.2. The highest BCUT2D eigenvalue weighted by Crippen LogP contribution is 2.36. The minimum Gasteiger partial charge on any atom is -0.478 e. The minimum absolute atomic E-state index is 0.0169. The van der Waals surface area contributed by atoms with Crippen LogP contribution in [0, 0.1) is 0 Å². The number of rotatable bonds is 6. The number of carboxylic acid groups (broad SMARTS) is 1. The van der Waals surface area contributed by atoms with Gasteiger partial charge in [-0.2, -0.15) is 0 Å². The fraction of sp³-hybridized carbons (Fsp3) is 0.0500. The molecule has 0 fully saturated rings. The third kappa shape index (κ3) is 4.56. The normalized spacial score (nSPS) is 10.3. The predicted molar refractivity (Wildman–Crippen MR) is 109 cm³/mol. The van der Waals surface area contributed by atoms with Crippen LogP contribution in [-0.4, -0.2) is 30.1 Å². The van der Waals surface area contributed by atoms with Crippen LogP contribution in [0.15, 0.2) is 53.9 Å². The molecule has 3 aromatic rings. The number of hydrogen-bond acceptors (Lipinski definition) is 6. The molecule has 2 aromatic carbocycles. The molecule has 0 aliphatic carbocycles. The van der Waals surface area contributed by atoms with E-state index >= 15 is 0 Å². The first-order valence-corrected chi connectivity index (χ1v) is 9.43. The number of anilines is 1. The zero-order valence-electron chi connectivity index (χ0n) is 15.0. The van der Waals surface area contributed by atoms with Gasteiger partial charge in [0, 0.05) is 5.02 Å². The summed E-state index contributed by atoms with van der Waals surface area (Å²) in [6.45, 7) is 0. The van der Waals surface area contributed by atoms with Gasteiger partial charge in [0.15, 0.2) is 16.4 Å². The third-order valence-electron chi connectivity index (χ3n) is 3.81. The molecule has 0 spiro atoms. The Morgan fingerprint density at radius 1 is 1.03 bits per heavy atom. The number of ether oxygens (including phenoxy) is 2. The fourth-order valence-corrected chi connectivity index (χ4v) is 3.39. The van der Waals surface area contributed by atoms with E-state index in [9.17, 15) is 19.5 Å². The number of carbonyl (C=O) groups excluding carboxylic acids is 2. The number of benzene rings is 2. The summed E-state index contributed by atoms with van der Waals surface area (Å²) in [5.41, 5.74) is 0.0572. The van der Waals surface area contributed by atoms with Gasteiger partial charge in [-0.25, -0.2) is 9.59 Å². The summed E-state index contributed by atoms with van der Waals surface area (Å²) in [7, 11) is 1.26. The molecule has 7 nitrogen and oxygen atoms in total. The van der Waals surface area contributed by atoms with Crippen LogP contribution in [0.25, 0.3) is 0 Å². The van der Waals surface area contributed by atoms with Crippen LogP contribution in [-0.2, 0) is 4.74 Å². The number of halogens is 1. The maximum Gasteiger partial charge on any atom is 0.351 e. The lowest BCUT2D eigenvalue weighted by Gasteiger charge is -2.13. The SMILES string of the molecule is COC(=O)c1sccc1Oc1ccc(Cl)cc1NC(=O)c1ccccc1C(=O)O. The standard InChI is InChI=1S/C20H14ClNO6S/c1-27-20(26)17-16(8-9-29-17)28-15-7-6-11(21)10-14(15)22-18(23)12-4-2-3-5-13(12)19(24)25/h2-10H,1H3,(H,22,23)(H,24,25). The zero-order chi connectivity index (χ0) is 21.0. The molecule has 0 bridgehead atoms. The first kappa shape index (κ1) is 20.4. The van der Waals surface area contributed by atoms with Crippen molar-refractivity contribution in [1.29, 1.82) is 0 Å². The maximum absolute atomic E-state index is 12.7. The van der Waals surface area contributed by atoms with E-state index in [-0.39, 0.29) is 33.2 Å². The number of carboxylic acids is 1. The zero-order valence-corrected chi connectivity index (χ0v) is 16.5. The lowest BCUT2D eigenvalue weighted by molar-refractivity contribution is 0.0602. The number of thiophene rings is 1. The summed E-state index contributed by atoms with van der Waals surface area (Å²) in [5.74, 6) is -1.94. The van der Waals surface area contributed by atoms with Crippen LogP contribution < -0.4 is 10.1 Å². The smallest absolute Gasteiger partial charge is 0.351 e. The molecule has 0 unspecified atom stereocenters. The third-order valence-corrected chi connectivity index (χ3v) is 4.92. The summed E-state index contributed by atoms with van der Waals surface area (Å²) >= 11 is 7.19. The average Bonchev–Trinajstić information content (AvgIpc) is 3.17. The molecule has 1 aromatic heterocycles. The summed E-state index contributed by atoms with van der Waals surface area (Å²) in [5, 5.41) is 13.9. The molecule has 1 heterocycles. The number of esters is 1. The quantitative estimate of drug-likeness (QED) is 0.536. The molecule has 0 aliphatic rings. The van der Waals surface area contributed by atoms with E-state index in [1.54, 1.807) is 23.6 Å². The molecule has 0 atom stereocenters. The van der Waals surface area contributed by atoms with Gasteiger partial charge in [0.05, 0.1) is 23.9 Å². The van der Waals surface area contributed by atoms with Crippen LogP contribution in [0.4, 0.5) is 5.69 Å². The van der Waals surface area contributed by atoms with Crippen molar-refractivity contribution < 1.29 is 29.0 Å². The Morgan fingerprint density at radius 3 is 2.45 bits per heavy atom.